The van der Waals surface area contributed by atoms with Gasteiger partial charge in [-0.25, -0.2) is 9.37 Å². The Morgan fingerprint density at radius 2 is 2.15 bits per heavy atom. The lowest BCUT2D eigenvalue weighted by Crippen LogP contribution is -2.23. The van der Waals surface area contributed by atoms with Crippen LogP contribution < -0.4 is 5.73 Å². The van der Waals surface area contributed by atoms with Crippen LogP contribution in [0, 0.1) is 12.7 Å². The number of thiazole rings is 1. The normalized spacial score (nSPS) is 12.8. The second-order valence-corrected chi connectivity index (χ2v) is 5.95. The van der Waals surface area contributed by atoms with Crippen LogP contribution in [0.5, 0.6) is 0 Å². The summed E-state index contributed by atoms with van der Waals surface area (Å²) in [5.74, 6) is -0.221. The summed E-state index contributed by atoms with van der Waals surface area (Å²) in [4.78, 5) is 7.71. The monoisotopic (exact) mass is 293 g/mol. The zero-order valence-corrected chi connectivity index (χ0v) is 12.7. The molecule has 2 aromatic rings. The van der Waals surface area contributed by atoms with E-state index in [4.69, 9.17) is 5.73 Å². The zero-order valence-electron chi connectivity index (χ0n) is 11.8. The molecule has 20 heavy (non-hydrogen) atoms. The minimum absolute atomic E-state index is 0.221. The molecule has 0 fully saturated rings. The molecular formula is C15H20FN3S. The molecule has 0 spiro atoms. The second kappa shape index (κ2) is 6.92. The van der Waals surface area contributed by atoms with Gasteiger partial charge in [0.25, 0.3) is 0 Å². The third-order valence-electron chi connectivity index (χ3n) is 3.38. The van der Waals surface area contributed by atoms with Gasteiger partial charge in [-0.15, -0.1) is 11.3 Å². The summed E-state index contributed by atoms with van der Waals surface area (Å²) in [7, 11) is 2.05. The Morgan fingerprint density at radius 1 is 1.40 bits per heavy atom. The highest BCUT2D eigenvalue weighted by atomic mass is 32.1. The van der Waals surface area contributed by atoms with E-state index in [1.54, 1.807) is 23.5 Å². The van der Waals surface area contributed by atoms with E-state index in [1.165, 1.54) is 10.9 Å². The van der Waals surface area contributed by atoms with Crippen LogP contribution in [0.1, 0.15) is 28.6 Å². The highest BCUT2D eigenvalue weighted by Gasteiger charge is 2.12. The van der Waals surface area contributed by atoms with Gasteiger partial charge in [-0.05, 0) is 26.5 Å². The largest absolute Gasteiger partial charge is 0.324 e. The smallest absolute Gasteiger partial charge is 0.127 e. The van der Waals surface area contributed by atoms with E-state index in [9.17, 15) is 4.39 Å². The number of benzene rings is 1. The zero-order chi connectivity index (χ0) is 14.5. The van der Waals surface area contributed by atoms with E-state index >= 15 is 0 Å². The molecule has 1 unspecified atom stereocenters. The Kier molecular flexibility index (Phi) is 5.23. The van der Waals surface area contributed by atoms with E-state index in [0.717, 1.165) is 25.2 Å². The van der Waals surface area contributed by atoms with Crippen molar-refractivity contribution in [3.05, 3.63) is 51.7 Å². The minimum Gasteiger partial charge on any atom is -0.324 e. The molecule has 1 heterocycles. The molecule has 2 N–H and O–H groups in total. The second-order valence-electron chi connectivity index (χ2n) is 5.02. The van der Waals surface area contributed by atoms with E-state index in [-0.39, 0.29) is 11.9 Å². The summed E-state index contributed by atoms with van der Waals surface area (Å²) < 4.78 is 13.6. The lowest BCUT2D eigenvalue weighted by molar-refractivity contribution is 0.312. The molecule has 1 atom stereocenters. The fourth-order valence-electron chi connectivity index (χ4n) is 2.09. The van der Waals surface area contributed by atoms with Crippen molar-refractivity contribution in [2.24, 2.45) is 5.73 Å². The molecule has 108 valence electrons. The van der Waals surface area contributed by atoms with Crippen LogP contribution in [0.15, 0.2) is 29.8 Å². The summed E-state index contributed by atoms with van der Waals surface area (Å²) >= 11 is 1.67. The summed E-state index contributed by atoms with van der Waals surface area (Å²) in [6.45, 7) is 3.71. The van der Waals surface area contributed by atoms with Crippen molar-refractivity contribution in [3.63, 3.8) is 0 Å². The van der Waals surface area contributed by atoms with Gasteiger partial charge in [-0.3, -0.25) is 0 Å². The first-order chi connectivity index (χ1) is 9.58. The van der Waals surface area contributed by atoms with E-state index < -0.39 is 0 Å². The molecule has 5 heteroatoms. The Labute approximate surface area is 123 Å². The Morgan fingerprint density at radius 3 is 2.80 bits per heavy atom. The number of nitrogens with zero attached hydrogens (tertiary/aromatic N) is 2. The summed E-state index contributed by atoms with van der Waals surface area (Å²) in [6.07, 6.45) is 0.731. The molecule has 1 aromatic heterocycles. The average molecular weight is 293 g/mol. The van der Waals surface area contributed by atoms with Gasteiger partial charge in [0.05, 0.1) is 11.2 Å². The number of hydrogen-bond acceptors (Lipinski definition) is 4. The quantitative estimate of drug-likeness (QED) is 0.890. The van der Waals surface area contributed by atoms with Crippen LogP contribution in [0.2, 0.25) is 0 Å². The third-order valence-corrected chi connectivity index (χ3v) is 4.30. The van der Waals surface area contributed by atoms with Crippen molar-refractivity contribution in [2.45, 2.75) is 25.9 Å². The average Bonchev–Trinajstić information content (AvgIpc) is 2.82. The SMILES string of the molecule is Cc1ncsc1CN(C)CCC(N)c1ccccc1F. The van der Waals surface area contributed by atoms with Crippen molar-refractivity contribution in [1.29, 1.82) is 0 Å². The van der Waals surface area contributed by atoms with E-state index in [2.05, 4.69) is 9.88 Å². The van der Waals surface area contributed by atoms with Crippen molar-refractivity contribution in [1.82, 2.24) is 9.88 Å². The van der Waals surface area contributed by atoms with Gasteiger partial charge < -0.3 is 10.6 Å². The van der Waals surface area contributed by atoms with Gasteiger partial charge in [0.15, 0.2) is 0 Å². The third kappa shape index (κ3) is 3.85. The Hall–Kier alpha value is -1.30. The molecule has 0 saturated carbocycles. The maximum absolute atomic E-state index is 13.6. The molecule has 3 nitrogen and oxygen atoms in total. The molecule has 0 aliphatic rings. The first-order valence-corrected chi connectivity index (χ1v) is 7.53. The van der Waals surface area contributed by atoms with Crippen molar-refractivity contribution >= 4 is 11.3 Å². The van der Waals surface area contributed by atoms with Gasteiger partial charge in [-0.2, -0.15) is 0 Å². The van der Waals surface area contributed by atoms with Gasteiger partial charge in [0.1, 0.15) is 5.82 Å². The number of aromatic nitrogens is 1. The Bertz CT molecular complexity index is 556. The van der Waals surface area contributed by atoms with E-state index in [0.29, 0.717) is 5.56 Å². The first-order valence-electron chi connectivity index (χ1n) is 6.65. The maximum Gasteiger partial charge on any atom is 0.127 e. The van der Waals surface area contributed by atoms with Crippen LogP contribution in [0.4, 0.5) is 4.39 Å². The van der Waals surface area contributed by atoms with Gasteiger partial charge in [-0.1, -0.05) is 18.2 Å². The fraction of sp³-hybridized carbons (Fsp3) is 0.400. The van der Waals surface area contributed by atoms with Crippen LogP contribution >= 0.6 is 11.3 Å². The molecule has 0 amide bonds. The molecule has 0 bridgehead atoms. The predicted octanol–water partition coefficient (Wildman–Crippen LogP) is 3.11. The Balaban J connectivity index is 1.86. The molecule has 0 aliphatic carbocycles. The highest BCUT2D eigenvalue weighted by molar-refractivity contribution is 7.09. The van der Waals surface area contributed by atoms with Crippen LogP contribution in [-0.4, -0.2) is 23.5 Å². The molecule has 0 aliphatic heterocycles. The van der Waals surface area contributed by atoms with Crippen LogP contribution in [-0.2, 0) is 6.54 Å². The lowest BCUT2D eigenvalue weighted by Gasteiger charge is -2.19. The van der Waals surface area contributed by atoms with E-state index in [1.807, 2.05) is 25.5 Å². The fourth-order valence-corrected chi connectivity index (χ4v) is 2.95. The van der Waals surface area contributed by atoms with Crippen molar-refractivity contribution < 1.29 is 4.39 Å². The number of halogens is 1. The standard InChI is InChI=1S/C15H20FN3S/c1-11-15(20-10-18-11)9-19(2)8-7-14(17)12-5-3-4-6-13(12)16/h3-6,10,14H,7-9,17H2,1-2H3. The highest BCUT2D eigenvalue weighted by Crippen LogP contribution is 2.19. The van der Waals surface area contributed by atoms with Crippen molar-refractivity contribution in [3.8, 4) is 0 Å². The molecular weight excluding hydrogens is 273 g/mol. The minimum atomic E-state index is -0.263. The van der Waals surface area contributed by atoms with Crippen LogP contribution in [0.25, 0.3) is 0 Å². The van der Waals surface area contributed by atoms with Gasteiger partial charge in [0.2, 0.25) is 0 Å². The molecule has 1 aromatic carbocycles. The topological polar surface area (TPSA) is 42.2 Å². The molecule has 0 saturated heterocycles. The number of hydrogen-bond donors (Lipinski definition) is 1. The maximum atomic E-state index is 13.6. The molecule has 0 radical (unpaired) electrons. The van der Waals surface area contributed by atoms with Gasteiger partial charge >= 0.3 is 0 Å². The summed E-state index contributed by atoms with van der Waals surface area (Å²) in [5, 5.41) is 0. The lowest BCUT2D eigenvalue weighted by atomic mass is 10.0. The first kappa shape index (κ1) is 15.1. The number of aryl methyl sites for hydroxylation is 1. The summed E-state index contributed by atoms with van der Waals surface area (Å²) in [5.41, 5.74) is 9.61. The number of nitrogens with two attached hydrogens (primary N) is 1. The van der Waals surface area contributed by atoms with Crippen LogP contribution in [0.3, 0.4) is 0 Å². The molecule has 2 rings (SSSR count). The number of rotatable bonds is 6. The van der Waals surface area contributed by atoms with Gasteiger partial charge in [0, 0.05) is 29.6 Å². The van der Waals surface area contributed by atoms with Crippen molar-refractivity contribution in [2.75, 3.05) is 13.6 Å². The summed E-state index contributed by atoms with van der Waals surface area (Å²) in [6, 6.07) is 6.46. The predicted molar refractivity (Wildman–Crippen MR) is 81.1 cm³/mol.